The molecule has 0 unspecified atom stereocenters. The predicted octanol–water partition coefficient (Wildman–Crippen LogP) is 5.31. The zero-order valence-electron chi connectivity index (χ0n) is 14.3. The van der Waals surface area contributed by atoms with Gasteiger partial charge in [-0.2, -0.15) is 5.10 Å². The van der Waals surface area contributed by atoms with Gasteiger partial charge in [0, 0.05) is 11.3 Å². The molecule has 124 valence electrons. The Hall–Kier alpha value is -2.42. The van der Waals surface area contributed by atoms with E-state index in [0.717, 1.165) is 17.1 Å². The number of hydrazone groups is 1. The van der Waals surface area contributed by atoms with Crippen molar-refractivity contribution in [3.05, 3.63) is 66.2 Å². The molecule has 1 saturated carbocycles. The van der Waals surface area contributed by atoms with Crippen molar-refractivity contribution in [3.8, 4) is 0 Å². The van der Waals surface area contributed by atoms with Crippen LogP contribution in [0.3, 0.4) is 0 Å². The fraction of sp³-hybridized carbons (Fsp3) is 0.333. The van der Waals surface area contributed by atoms with Crippen molar-refractivity contribution < 1.29 is 0 Å². The molecule has 0 spiro atoms. The summed E-state index contributed by atoms with van der Waals surface area (Å²) in [6, 6.07) is 20.2. The van der Waals surface area contributed by atoms with Gasteiger partial charge in [-0.1, -0.05) is 67.8 Å². The number of rotatable bonds is 4. The molecule has 1 aliphatic rings. The molecule has 3 heteroatoms. The first-order valence-electron chi connectivity index (χ1n) is 8.82. The van der Waals surface area contributed by atoms with Gasteiger partial charge in [-0.3, -0.25) is 5.43 Å². The third-order valence-corrected chi connectivity index (χ3v) is 4.58. The molecule has 0 amide bonds. The standard InChI is InChI=1S/C21H25N3/c1-17(18-11-5-2-6-12-18)23-24-21(19-13-7-3-8-14-19)22-20-15-9-4-10-16-20/h3-4,7-10,13-16,18H,2,5-6,11-12H2,1H3,(H,22,24)/b23-17+. The van der Waals surface area contributed by atoms with E-state index in [-0.39, 0.29) is 0 Å². The molecule has 1 aliphatic carbocycles. The van der Waals surface area contributed by atoms with E-state index in [4.69, 9.17) is 4.99 Å². The predicted molar refractivity (Wildman–Crippen MR) is 102 cm³/mol. The van der Waals surface area contributed by atoms with Crippen molar-refractivity contribution in [1.29, 1.82) is 0 Å². The van der Waals surface area contributed by atoms with Crippen molar-refractivity contribution in [2.24, 2.45) is 16.0 Å². The minimum Gasteiger partial charge on any atom is -0.261 e. The maximum Gasteiger partial charge on any atom is 0.154 e. The lowest BCUT2D eigenvalue weighted by molar-refractivity contribution is 0.437. The molecular weight excluding hydrogens is 294 g/mol. The normalized spacial score (nSPS) is 16.9. The van der Waals surface area contributed by atoms with Gasteiger partial charge in [0.05, 0.1) is 5.69 Å². The van der Waals surface area contributed by atoms with Crippen molar-refractivity contribution >= 4 is 17.2 Å². The second kappa shape index (κ2) is 8.44. The summed E-state index contributed by atoms with van der Waals surface area (Å²) in [5.41, 5.74) is 6.37. The molecule has 1 N–H and O–H groups in total. The Morgan fingerprint density at radius 2 is 1.50 bits per heavy atom. The smallest absolute Gasteiger partial charge is 0.154 e. The first-order valence-corrected chi connectivity index (χ1v) is 8.82. The first-order chi connectivity index (χ1) is 11.8. The summed E-state index contributed by atoms with van der Waals surface area (Å²) < 4.78 is 0. The van der Waals surface area contributed by atoms with E-state index in [0.29, 0.717) is 5.92 Å². The number of hydrogen-bond acceptors (Lipinski definition) is 2. The van der Waals surface area contributed by atoms with E-state index >= 15 is 0 Å². The molecule has 1 fully saturated rings. The molecular formula is C21H25N3. The van der Waals surface area contributed by atoms with Crippen LogP contribution in [0.5, 0.6) is 0 Å². The van der Waals surface area contributed by atoms with Gasteiger partial charge in [-0.05, 0) is 37.8 Å². The summed E-state index contributed by atoms with van der Waals surface area (Å²) >= 11 is 0. The summed E-state index contributed by atoms with van der Waals surface area (Å²) in [6.07, 6.45) is 6.52. The van der Waals surface area contributed by atoms with Gasteiger partial charge >= 0.3 is 0 Å². The van der Waals surface area contributed by atoms with Gasteiger partial charge in [0.2, 0.25) is 0 Å². The molecule has 0 aliphatic heterocycles. The largest absolute Gasteiger partial charge is 0.261 e. The topological polar surface area (TPSA) is 36.8 Å². The molecule has 0 bridgehead atoms. The van der Waals surface area contributed by atoms with Gasteiger partial charge in [0.25, 0.3) is 0 Å². The monoisotopic (exact) mass is 319 g/mol. The van der Waals surface area contributed by atoms with Gasteiger partial charge in [-0.15, -0.1) is 0 Å². The summed E-state index contributed by atoms with van der Waals surface area (Å²) in [5, 5.41) is 4.66. The van der Waals surface area contributed by atoms with E-state index in [1.54, 1.807) is 0 Å². The maximum atomic E-state index is 4.74. The Morgan fingerprint density at radius 3 is 2.17 bits per heavy atom. The average Bonchev–Trinajstić information content (AvgIpc) is 2.67. The molecule has 0 heterocycles. The van der Waals surface area contributed by atoms with Crippen LogP contribution in [-0.2, 0) is 0 Å². The van der Waals surface area contributed by atoms with Crippen LogP contribution in [0.4, 0.5) is 5.69 Å². The highest BCUT2D eigenvalue weighted by atomic mass is 15.3. The minimum atomic E-state index is 0.611. The van der Waals surface area contributed by atoms with Crippen molar-refractivity contribution in [3.63, 3.8) is 0 Å². The number of aliphatic imine (C=N–C) groups is 1. The number of hydrogen-bond donors (Lipinski definition) is 1. The van der Waals surface area contributed by atoms with E-state index in [2.05, 4.69) is 29.6 Å². The van der Waals surface area contributed by atoms with E-state index < -0.39 is 0 Å². The molecule has 0 radical (unpaired) electrons. The molecule has 0 atom stereocenters. The lowest BCUT2D eigenvalue weighted by Crippen LogP contribution is -2.23. The van der Waals surface area contributed by atoms with E-state index in [9.17, 15) is 0 Å². The van der Waals surface area contributed by atoms with Gasteiger partial charge in [0.1, 0.15) is 0 Å². The van der Waals surface area contributed by atoms with Crippen molar-refractivity contribution in [2.75, 3.05) is 0 Å². The summed E-state index contributed by atoms with van der Waals surface area (Å²) in [5.74, 6) is 1.40. The van der Waals surface area contributed by atoms with Crippen molar-refractivity contribution in [1.82, 2.24) is 5.43 Å². The number of para-hydroxylation sites is 1. The lowest BCUT2D eigenvalue weighted by Gasteiger charge is -2.21. The Bertz CT molecular complexity index is 684. The Kier molecular flexibility index (Phi) is 5.78. The number of benzene rings is 2. The molecule has 0 saturated heterocycles. The third-order valence-electron chi connectivity index (χ3n) is 4.58. The minimum absolute atomic E-state index is 0.611. The SMILES string of the molecule is C/C(=N\NC(=Nc1ccccc1)c1ccccc1)C1CCCCC1. The van der Waals surface area contributed by atoms with Crippen LogP contribution in [0.1, 0.15) is 44.6 Å². The average molecular weight is 319 g/mol. The molecule has 3 nitrogen and oxygen atoms in total. The zero-order valence-corrected chi connectivity index (χ0v) is 14.3. The van der Waals surface area contributed by atoms with Gasteiger partial charge < -0.3 is 0 Å². The molecule has 0 aromatic heterocycles. The molecule has 2 aromatic carbocycles. The van der Waals surface area contributed by atoms with Crippen LogP contribution < -0.4 is 5.43 Å². The van der Waals surface area contributed by atoms with Crippen LogP contribution >= 0.6 is 0 Å². The summed E-state index contributed by atoms with van der Waals surface area (Å²) in [7, 11) is 0. The number of amidine groups is 1. The van der Waals surface area contributed by atoms with Crippen LogP contribution in [0.25, 0.3) is 0 Å². The first kappa shape index (κ1) is 16.4. The highest BCUT2D eigenvalue weighted by Gasteiger charge is 2.16. The highest BCUT2D eigenvalue weighted by Crippen LogP contribution is 2.24. The van der Waals surface area contributed by atoms with Crippen molar-refractivity contribution in [2.45, 2.75) is 39.0 Å². The van der Waals surface area contributed by atoms with Crippen LogP contribution in [-0.4, -0.2) is 11.5 Å². The Morgan fingerprint density at radius 1 is 0.875 bits per heavy atom. The second-order valence-corrected chi connectivity index (χ2v) is 6.36. The van der Waals surface area contributed by atoms with Crippen LogP contribution in [0, 0.1) is 5.92 Å². The van der Waals surface area contributed by atoms with Crippen LogP contribution in [0.15, 0.2) is 70.8 Å². The summed E-state index contributed by atoms with van der Waals surface area (Å²) in [4.78, 5) is 4.74. The molecule has 24 heavy (non-hydrogen) atoms. The Labute approximate surface area is 144 Å². The molecule has 3 rings (SSSR count). The van der Waals surface area contributed by atoms with E-state index in [1.165, 1.54) is 37.8 Å². The lowest BCUT2D eigenvalue weighted by atomic mass is 9.86. The van der Waals surface area contributed by atoms with Gasteiger partial charge in [-0.25, -0.2) is 4.99 Å². The molecule has 2 aromatic rings. The maximum absolute atomic E-state index is 4.74. The number of nitrogens with one attached hydrogen (secondary N) is 1. The summed E-state index contributed by atoms with van der Waals surface area (Å²) in [6.45, 7) is 2.13. The number of nitrogens with zero attached hydrogens (tertiary/aromatic N) is 2. The second-order valence-electron chi connectivity index (χ2n) is 6.36. The third kappa shape index (κ3) is 4.54. The highest BCUT2D eigenvalue weighted by molar-refractivity contribution is 6.01. The Balaban J connectivity index is 1.81. The van der Waals surface area contributed by atoms with Gasteiger partial charge in [0.15, 0.2) is 5.84 Å². The van der Waals surface area contributed by atoms with E-state index in [1.807, 2.05) is 48.5 Å². The van der Waals surface area contributed by atoms with Crippen LogP contribution in [0.2, 0.25) is 0 Å². The quantitative estimate of drug-likeness (QED) is 0.463. The fourth-order valence-electron chi connectivity index (χ4n) is 3.13. The zero-order chi connectivity index (χ0) is 16.6. The fourth-order valence-corrected chi connectivity index (χ4v) is 3.13.